The van der Waals surface area contributed by atoms with Gasteiger partial charge in [0.05, 0.1) is 15.4 Å². The maximum absolute atomic E-state index is 12.3. The monoisotopic (exact) mass is 511 g/mol. The predicted molar refractivity (Wildman–Crippen MR) is 122 cm³/mol. The molecule has 0 aliphatic heterocycles. The molecule has 0 spiro atoms. The molecule has 0 aliphatic carbocycles. The molecule has 0 aliphatic rings. The van der Waals surface area contributed by atoms with E-state index in [1.807, 2.05) is 50.2 Å². The minimum Gasteiger partial charge on any atom is -0.366 e. The Morgan fingerprint density at radius 2 is 1.96 bits per heavy atom. The van der Waals surface area contributed by atoms with Gasteiger partial charge < -0.3 is 9.64 Å². The number of nitrogens with one attached hydrogen (secondary N) is 1. The molecule has 7 heteroatoms. The Hall–Kier alpha value is -1.77. The molecule has 0 radical (unpaired) electrons. The van der Waals surface area contributed by atoms with E-state index >= 15 is 0 Å². The second-order valence-corrected chi connectivity index (χ2v) is 7.56. The van der Waals surface area contributed by atoms with Crippen LogP contribution in [-0.2, 0) is 9.53 Å². The zero-order valence-corrected chi connectivity index (χ0v) is 19.0. The van der Waals surface area contributed by atoms with Gasteiger partial charge in [0, 0.05) is 12.7 Å². The van der Waals surface area contributed by atoms with Gasteiger partial charge >= 0.3 is 0 Å². The van der Waals surface area contributed by atoms with Crippen LogP contribution in [-0.4, -0.2) is 34.7 Å². The SMILES string of the molecule is CCN(C(=N)COC(C)c1ccc(Cl)nc1)/C(I)=C(\C(C)=O)c1ccccc1. The fraction of sp³-hybridized carbons (Fsp3) is 0.286. The molecule has 0 saturated heterocycles. The summed E-state index contributed by atoms with van der Waals surface area (Å²) < 4.78 is 6.56. The van der Waals surface area contributed by atoms with E-state index in [4.69, 9.17) is 21.7 Å². The van der Waals surface area contributed by atoms with Crippen molar-refractivity contribution in [3.63, 3.8) is 0 Å². The number of carbonyl (C=O) groups is 1. The van der Waals surface area contributed by atoms with Crippen molar-refractivity contribution in [1.82, 2.24) is 9.88 Å². The van der Waals surface area contributed by atoms with Crippen molar-refractivity contribution in [2.45, 2.75) is 26.9 Å². The van der Waals surface area contributed by atoms with Gasteiger partial charge in [-0.25, -0.2) is 4.98 Å². The number of halogens is 2. The van der Waals surface area contributed by atoms with Crippen LogP contribution in [0.15, 0.2) is 52.4 Å². The first kappa shape index (κ1) is 22.5. The minimum absolute atomic E-state index is 0.0385. The summed E-state index contributed by atoms with van der Waals surface area (Å²) >= 11 is 7.95. The number of allylic oxidation sites excluding steroid dienone is 1. The smallest absolute Gasteiger partial charge is 0.162 e. The molecule has 0 amide bonds. The standard InChI is InChI=1S/C21H23ClIN3O2/c1-4-26(21(23)20(14(2)27)16-8-6-5-7-9-16)19(24)13-28-15(3)17-10-11-18(22)25-12-17/h5-12,15,24H,4,13H2,1-3H3/b21-20+,24-19?. The van der Waals surface area contributed by atoms with Crippen LogP contribution >= 0.6 is 34.2 Å². The third-order valence-corrected chi connectivity index (χ3v) is 5.53. The lowest BCUT2D eigenvalue weighted by molar-refractivity contribution is -0.111. The molecule has 1 N–H and O–H groups in total. The van der Waals surface area contributed by atoms with Crippen LogP contribution in [0.4, 0.5) is 0 Å². The largest absolute Gasteiger partial charge is 0.366 e. The van der Waals surface area contributed by atoms with E-state index in [1.54, 1.807) is 24.1 Å². The molecular weight excluding hydrogens is 489 g/mol. The van der Waals surface area contributed by atoms with Crippen LogP contribution in [0, 0.1) is 5.41 Å². The van der Waals surface area contributed by atoms with Gasteiger partial charge in [-0.1, -0.05) is 48.0 Å². The van der Waals surface area contributed by atoms with Crippen molar-refractivity contribution >= 4 is 51.4 Å². The summed E-state index contributed by atoms with van der Waals surface area (Å²) in [5.74, 6) is 0.249. The lowest BCUT2D eigenvalue weighted by Gasteiger charge is -2.26. The van der Waals surface area contributed by atoms with E-state index in [0.29, 0.717) is 21.0 Å². The number of rotatable bonds is 8. The lowest BCUT2D eigenvalue weighted by atomic mass is 10.0. The van der Waals surface area contributed by atoms with E-state index in [-0.39, 0.29) is 24.3 Å². The highest BCUT2D eigenvalue weighted by Crippen LogP contribution is 2.28. The van der Waals surface area contributed by atoms with E-state index in [0.717, 1.165) is 11.1 Å². The van der Waals surface area contributed by atoms with Crippen molar-refractivity contribution < 1.29 is 9.53 Å². The zero-order valence-electron chi connectivity index (χ0n) is 16.1. The second kappa shape index (κ2) is 10.7. The zero-order chi connectivity index (χ0) is 20.7. The fourth-order valence-corrected chi connectivity index (χ4v) is 4.10. The maximum Gasteiger partial charge on any atom is 0.162 e. The summed E-state index contributed by atoms with van der Waals surface area (Å²) in [6.45, 7) is 6.07. The Kier molecular flexibility index (Phi) is 8.59. The average molecular weight is 512 g/mol. The highest BCUT2D eigenvalue weighted by Gasteiger charge is 2.20. The van der Waals surface area contributed by atoms with Gasteiger partial charge in [0.2, 0.25) is 0 Å². The molecule has 1 atom stereocenters. The molecule has 0 saturated carbocycles. The Morgan fingerprint density at radius 1 is 1.29 bits per heavy atom. The first-order chi connectivity index (χ1) is 13.3. The lowest BCUT2D eigenvalue weighted by Crippen LogP contribution is -2.32. The predicted octanol–water partition coefficient (Wildman–Crippen LogP) is 5.50. The number of nitrogens with zero attached hydrogens (tertiary/aromatic N) is 2. The van der Waals surface area contributed by atoms with Crippen LogP contribution < -0.4 is 0 Å². The number of ether oxygens (including phenoxy) is 1. The maximum atomic E-state index is 12.3. The molecule has 2 aromatic rings. The van der Waals surface area contributed by atoms with Crippen molar-refractivity contribution in [2.75, 3.05) is 13.2 Å². The topological polar surface area (TPSA) is 66.3 Å². The average Bonchev–Trinajstić information content (AvgIpc) is 2.68. The molecule has 1 unspecified atom stereocenters. The van der Waals surface area contributed by atoms with Gasteiger partial charge in [-0.2, -0.15) is 0 Å². The normalized spacial score (nSPS) is 12.9. The fourth-order valence-electron chi connectivity index (χ4n) is 2.66. The van der Waals surface area contributed by atoms with Gasteiger partial charge in [-0.15, -0.1) is 0 Å². The quantitative estimate of drug-likeness (QED) is 0.127. The Morgan fingerprint density at radius 3 is 2.50 bits per heavy atom. The van der Waals surface area contributed by atoms with Crippen molar-refractivity contribution in [3.8, 4) is 0 Å². The first-order valence-electron chi connectivity index (χ1n) is 8.89. The summed E-state index contributed by atoms with van der Waals surface area (Å²) in [6, 6.07) is 13.1. The number of likely N-dealkylation sites (N-methyl/N-ethyl adjacent to an activating group) is 1. The number of aromatic nitrogens is 1. The number of ketones is 1. The third-order valence-electron chi connectivity index (χ3n) is 4.19. The molecule has 0 fully saturated rings. The van der Waals surface area contributed by atoms with Crippen LogP contribution in [0.25, 0.3) is 5.57 Å². The molecule has 148 valence electrons. The number of benzene rings is 1. The van der Waals surface area contributed by atoms with Crippen LogP contribution in [0.2, 0.25) is 5.15 Å². The summed E-state index contributed by atoms with van der Waals surface area (Å²) in [6.07, 6.45) is 1.44. The molecule has 1 heterocycles. The first-order valence-corrected chi connectivity index (χ1v) is 10.3. The second-order valence-electron chi connectivity index (χ2n) is 6.15. The van der Waals surface area contributed by atoms with Crippen molar-refractivity contribution in [3.05, 3.63) is 68.6 Å². The number of carbonyl (C=O) groups excluding carboxylic acids is 1. The molecular formula is C21H23ClIN3O2. The van der Waals surface area contributed by atoms with Gasteiger partial charge in [-0.05, 0) is 60.6 Å². The van der Waals surface area contributed by atoms with E-state index in [9.17, 15) is 4.79 Å². The van der Waals surface area contributed by atoms with E-state index in [1.165, 1.54) is 0 Å². The molecule has 28 heavy (non-hydrogen) atoms. The summed E-state index contributed by atoms with van der Waals surface area (Å²) in [7, 11) is 0. The van der Waals surface area contributed by atoms with Gasteiger partial charge in [-0.3, -0.25) is 10.2 Å². The van der Waals surface area contributed by atoms with Gasteiger partial charge in [0.25, 0.3) is 0 Å². The third kappa shape index (κ3) is 5.86. The highest BCUT2D eigenvalue weighted by molar-refractivity contribution is 14.1. The van der Waals surface area contributed by atoms with Crippen LogP contribution in [0.3, 0.4) is 0 Å². The Labute approximate surface area is 184 Å². The van der Waals surface area contributed by atoms with Gasteiger partial charge in [0.1, 0.15) is 17.6 Å². The minimum atomic E-state index is -0.230. The van der Waals surface area contributed by atoms with Crippen LogP contribution in [0.1, 0.15) is 38.0 Å². The molecule has 1 aromatic heterocycles. The van der Waals surface area contributed by atoms with E-state index < -0.39 is 0 Å². The molecule has 2 rings (SSSR count). The number of Topliss-reactive ketones (excluding diaryl/α,β-unsaturated/α-hetero) is 1. The number of hydrogen-bond donors (Lipinski definition) is 1. The van der Waals surface area contributed by atoms with Crippen molar-refractivity contribution in [2.24, 2.45) is 0 Å². The summed E-state index contributed by atoms with van der Waals surface area (Å²) in [5, 5.41) is 8.91. The molecule has 5 nitrogen and oxygen atoms in total. The molecule has 1 aromatic carbocycles. The van der Waals surface area contributed by atoms with Gasteiger partial charge in [0.15, 0.2) is 5.78 Å². The highest BCUT2D eigenvalue weighted by atomic mass is 127. The Balaban J connectivity index is 2.17. The number of hydrogen-bond acceptors (Lipinski definition) is 4. The summed E-state index contributed by atoms with van der Waals surface area (Å²) in [4.78, 5) is 18.1. The van der Waals surface area contributed by atoms with E-state index in [2.05, 4.69) is 27.6 Å². The van der Waals surface area contributed by atoms with Crippen LogP contribution in [0.5, 0.6) is 0 Å². The summed E-state index contributed by atoms with van der Waals surface area (Å²) in [5.41, 5.74) is 2.33. The van der Waals surface area contributed by atoms with Crippen molar-refractivity contribution in [1.29, 1.82) is 5.41 Å². The number of pyridine rings is 1. The Bertz CT molecular complexity index is 854. The molecule has 0 bridgehead atoms. The number of amidine groups is 1.